The molecule has 1 aromatic heterocycles. The van der Waals surface area contributed by atoms with Crippen molar-refractivity contribution in [3.63, 3.8) is 0 Å². The number of rotatable bonds is 6. The molecule has 3 aromatic rings. The molecule has 3 rings (SSSR count). The Morgan fingerprint density at radius 2 is 1.85 bits per heavy atom. The molecule has 0 aliphatic carbocycles. The van der Waals surface area contributed by atoms with Gasteiger partial charge in [0.05, 0.1) is 19.1 Å². The van der Waals surface area contributed by atoms with Crippen LogP contribution in [0.5, 0.6) is 5.75 Å². The number of methoxy groups -OCH3 is 1. The molecular weight excluding hydrogens is 475 g/mol. The summed E-state index contributed by atoms with van der Waals surface area (Å²) >= 11 is 3.20. The van der Waals surface area contributed by atoms with Crippen molar-refractivity contribution in [2.24, 2.45) is 0 Å². The van der Waals surface area contributed by atoms with E-state index in [1.165, 1.54) is 6.08 Å². The first kappa shape index (κ1) is 19.4. The molecule has 0 saturated heterocycles. The van der Waals surface area contributed by atoms with Crippen molar-refractivity contribution in [2.45, 2.75) is 6.42 Å². The average Bonchev–Trinajstić information content (AvgIpc) is 2.66. The number of Topliss-reactive ketones (excluding diaryl/α,β-unsaturated/α-hetero) is 1. The summed E-state index contributed by atoms with van der Waals surface area (Å²) in [5, 5.41) is 0.824. The van der Waals surface area contributed by atoms with Crippen LogP contribution in [0.25, 0.3) is 16.2 Å². The van der Waals surface area contributed by atoms with Gasteiger partial charge in [0.25, 0.3) is 0 Å². The lowest BCUT2D eigenvalue weighted by molar-refractivity contribution is -0.113. The maximum atomic E-state index is 12.4. The summed E-state index contributed by atoms with van der Waals surface area (Å²) < 4.78 is 6.61. The number of carbonyl (C=O) groups is 2. The van der Waals surface area contributed by atoms with Gasteiger partial charge >= 0.3 is 0 Å². The summed E-state index contributed by atoms with van der Waals surface area (Å²) in [5.74, 6) is -0.0760. The third-order valence-corrected chi connectivity index (χ3v) is 5.56. The van der Waals surface area contributed by atoms with Crippen molar-refractivity contribution in [1.29, 1.82) is 0 Å². The number of ketones is 2. The maximum absolute atomic E-state index is 12.4. The topological polar surface area (TPSA) is 60.4 Å². The molecule has 0 aliphatic rings. The van der Waals surface area contributed by atoms with Crippen molar-refractivity contribution >= 4 is 61.7 Å². The zero-order chi connectivity index (χ0) is 19.4. The highest BCUT2D eigenvalue weighted by atomic mass is 127. The Morgan fingerprint density at radius 1 is 1.11 bits per heavy atom. The van der Waals surface area contributed by atoms with E-state index in [1.807, 2.05) is 30.3 Å². The van der Waals surface area contributed by atoms with Crippen LogP contribution in [0.1, 0.15) is 22.3 Å². The molecule has 0 bridgehead atoms. The predicted molar refractivity (Wildman–Crippen MR) is 117 cm³/mol. The first-order chi connectivity index (χ1) is 13.0. The summed E-state index contributed by atoms with van der Waals surface area (Å²) in [6.07, 6.45) is 2.67. The number of allylic oxidation sites excluding steroid dienone is 1. The van der Waals surface area contributed by atoms with Crippen molar-refractivity contribution in [3.05, 3.63) is 78.8 Å². The molecule has 0 aliphatic heterocycles. The Balaban J connectivity index is 1.74. The van der Waals surface area contributed by atoms with E-state index < -0.39 is 5.78 Å². The number of fused-ring (bicyclic) bond motifs is 1. The second kappa shape index (κ2) is 8.58. The summed E-state index contributed by atoms with van der Waals surface area (Å²) in [6.45, 7) is 0. The zero-order valence-corrected chi connectivity index (χ0v) is 17.4. The minimum Gasteiger partial charge on any atom is -0.497 e. The zero-order valence-electron chi connectivity index (χ0n) is 14.4. The maximum Gasteiger partial charge on any atom is 0.243 e. The van der Waals surface area contributed by atoms with Gasteiger partial charge < -0.3 is 4.74 Å². The van der Waals surface area contributed by atoms with Crippen molar-refractivity contribution < 1.29 is 14.3 Å². The summed E-state index contributed by atoms with van der Waals surface area (Å²) in [6, 6.07) is 14.5. The highest BCUT2D eigenvalue weighted by Crippen LogP contribution is 2.21. The second-order valence-corrected chi connectivity index (χ2v) is 8.06. The van der Waals surface area contributed by atoms with Crippen molar-refractivity contribution in [1.82, 2.24) is 0 Å². The number of ether oxygens (including phenoxy) is 1. The third-order valence-electron chi connectivity index (χ3n) is 3.91. The van der Waals surface area contributed by atoms with E-state index in [4.69, 9.17) is 4.74 Å². The van der Waals surface area contributed by atoms with Crippen LogP contribution in [0.15, 0.2) is 59.4 Å². The smallest absolute Gasteiger partial charge is 0.243 e. The van der Waals surface area contributed by atoms with Crippen molar-refractivity contribution in [3.8, 4) is 5.75 Å². The lowest BCUT2D eigenvalue weighted by atomic mass is 10.1. The number of hydrogen-bond donors (Lipinski definition) is 0. The van der Waals surface area contributed by atoms with Gasteiger partial charge in [-0.25, -0.2) is 0 Å². The van der Waals surface area contributed by atoms with E-state index in [0.29, 0.717) is 0 Å². The summed E-state index contributed by atoms with van der Waals surface area (Å²) in [4.78, 5) is 36.8. The monoisotopic (exact) mass is 490 g/mol. The van der Waals surface area contributed by atoms with Gasteiger partial charge in [0.2, 0.25) is 4.74 Å². The molecule has 2 aromatic carbocycles. The fourth-order valence-electron chi connectivity index (χ4n) is 2.50. The van der Waals surface area contributed by atoms with Gasteiger partial charge in [0, 0.05) is 8.27 Å². The summed E-state index contributed by atoms with van der Waals surface area (Å²) in [7, 11) is 1.58. The third kappa shape index (κ3) is 4.90. The normalized spacial score (nSPS) is 11.0. The summed E-state index contributed by atoms with van der Waals surface area (Å²) in [5.41, 5.74) is 0.892. The average molecular weight is 490 g/mol. The van der Waals surface area contributed by atoms with Gasteiger partial charge in [-0.05, 0) is 69.9 Å². The van der Waals surface area contributed by atoms with E-state index in [1.54, 1.807) is 31.4 Å². The fraction of sp³-hybridized carbons (Fsp3) is 0.0952. The van der Waals surface area contributed by atoms with Crippen LogP contribution in [0.3, 0.4) is 0 Å². The van der Waals surface area contributed by atoms with Gasteiger partial charge in [-0.3, -0.25) is 14.4 Å². The molecule has 6 heteroatoms. The van der Waals surface area contributed by atoms with Gasteiger partial charge in [-0.15, -0.1) is 0 Å². The fourth-order valence-corrected chi connectivity index (χ4v) is 4.11. The second-order valence-electron chi connectivity index (χ2n) is 5.80. The molecular formula is C21H15IO4S. The van der Waals surface area contributed by atoms with Crippen LogP contribution in [-0.4, -0.2) is 18.7 Å². The van der Waals surface area contributed by atoms with Gasteiger partial charge in [-0.2, -0.15) is 0 Å². The number of benzene rings is 2. The number of halogens is 1. The SMILES string of the molecule is COc1ccc(C=CC(=O)CC(=O)c2cc3ccc(I)cc3sc2=O)cc1. The first-order valence-electron chi connectivity index (χ1n) is 8.08. The number of hydrogen-bond acceptors (Lipinski definition) is 5. The first-order valence-corrected chi connectivity index (χ1v) is 9.97. The molecule has 0 radical (unpaired) electrons. The Labute approximate surface area is 173 Å². The quantitative estimate of drug-likeness (QED) is 0.217. The molecule has 136 valence electrons. The van der Waals surface area contributed by atoms with Crippen molar-refractivity contribution in [2.75, 3.05) is 7.11 Å². The standard InChI is InChI=1S/C21H15IO4S/c1-26-17-8-3-13(4-9-17)2-7-16(23)12-19(24)18-10-14-5-6-15(22)11-20(14)27-21(18)25/h2-11H,12H2,1H3. The van der Waals surface area contributed by atoms with E-state index >= 15 is 0 Å². The molecule has 0 spiro atoms. The molecule has 0 N–H and O–H groups in total. The minimum absolute atomic E-state index is 0.0694. The van der Waals surface area contributed by atoms with Gasteiger partial charge in [0.1, 0.15) is 5.75 Å². The van der Waals surface area contributed by atoms with Crippen LogP contribution in [-0.2, 0) is 4.79 Å². The van der Waals surface area contributed by atoms with Crippen LogP contribution in [0.2, 0.25) is 0 Å². The lowest BCUT2D eigenvalue weighted by Crippen LogP contribution is -2.14. The molecule has 27 heavy (non-hydrogen) atoms. The Kier molecular flexibility index (Phi) is 6.18. The molecule has 0 atom stereocenters. The largest absolute Gasteiger partial charge is 0.497 e. The van der Waals surface area contributed by atoms with Gasteiger partial charge in [-0.1, -0.05) is 35.6 Å². The van der Waals surface area contributed by atoms with E-state index in [2.05, 4.69) is 22.6 Å². The molecule has 1 heterocycles. The Bertz CT molecular complexity index is 1100. The van der Waals surface area contributed by atoms with Crippen LogP contribution < -0.4 is 9.48 Å². The predicted octanol–water partition coefficient (Wildman–Crippen LogP) is 4.73. The van der Waals surface area contributed by atoms with Gasteiger partial charge in [0.15, 0.2) is 11.6 Å². The molecule has 0 amide bonds. The van der Waals surface area contributed by atoms with E-state index in [-0.39, 0.29) is 22.5 Å². The van der Waals surface area contributed by atoms with E-state index in [0.717, 1.165) is 36.3 Å². The Morgan fingerprint density at radius 3 is 2.56 bits per heavy atom. The highest BCUT2D eigenvalue weighted by Gasteiger charge is 2.15. The molecule has 0 saturated carbocycles. The van der Waals surface area contributed by atoms with E-state index in [9.17, 15) is 14.4 Å². The number of carbonyl (C=O) groups excluding carboxylic acids is 2. The lowest BCUT2D eigenvalue weighted by Gasteiger charge is -2.02. The van der Waals surface area contributed by atoms with Crippen LogP contribution in [0.4, 0.5) is 0 Å². The molecule has 4 nitrogen and oxygen atoms in total. The molecule has 0 unspecified atom stereocenters. The van der Waals surface area contributed by atoms with Crippen LogP contribution in [0, 0.1) is 3.57 Å². The van der Waals surface area contributed by atoms with Crippen LogP contribution >= 0.6 is 33.9 Å². The Hall–Kier alpha value is -2.32. The molecule has 0 fully saturated rings. The minimum atomic E-state index is -0.457. The highest BCUT2D eigenvalue weighted by molar-refractivity contribution is 14.1.